The predicted octanol–water partition coefficient (Wildman–Crippen LogP) is 2.32. The molecule has 0 aliphatic heterocycles. The van der Waals surface area contributed by atoms with Crippen LogP contribution in [-0.4, -0.2) is 17.3 Å². The molecule has 0 atom stereocenters. The number of nitrogens with zero attached hydrogens (tertiary/aromatic N) is 1. The molecule has 0 amide bonds. The van der Waals surface area contributed by atoms with Crippen LogP contribution >= 0.6 is 0 Å². The third-order valence-electron chi connectivity index (χ3n) is 2.09. The van der Waals surface area contributed by atoms with Crippen molar-refractivity contribution in [2.45, 2.75) is 19.3 Å². The molecule has 0 radical (unpaired) electrons. The maximum Gasteiger partial charge on any atom is 0.203 e. The first-order valence-corrected chi connectivity index (χ1v) is 4.90. The number of ketones is 1. The molecule has 0 heterocycles. The fourth-order valence-electron chi connectivity index (χ4n) is 1.29. The average molecular weight is 207 g/mol. The molecule has 1 aromatic carbocycles. The topological polar surface area (TPSA) is 60.2 Å². The first-order chi connectivity index (χ1) is 7.20. The van der Waals surface area contributed by atoms with E-state index in [0.717, 1.165) is 0 Å². The summed E-state index contributed by atoms with van der Waals surface area (Å²) >= 11 is 0. The van der Waals surface area contributed by atoms with Gasteiger partial charge in [-0.15, -0.1) is 0 Å². The van der Waals surface area contributed by atoms with E-state index in [2.05, 4.69) is 0 Å². The molecule has 0 saturated heterocycles. The van der Waals surface area contributed by atoms with E-state index in [4.69, 9.17) is 0 Å². The second kappa shape index (κ2) is 5.90. The molecular formula is C11H13NO3. The smallest absolute Gasteiger partial charge is 0.203 e. The first kappa shape index (κ1) is 11.4. The van der Waals surface area contributed by atoms with E-state index >= 15 is 0 Å². The maximum absolute atomic E-state index is 11.5. The number of rotatable bonds is 6. The number of carbonyl (C=O) groups excluding carboxylic acids is 1. The molecule has 80 valence electrons. The lowest BCUT2D eigenvalue weighted by atomic mass is 10.1. The lowest BCUT2D eigenvalue weighted by molar-refractivity contribution is -0.480. The van der Waals surface area contributed by atoms with Crippen molar-refractivity contribution in [1.29, 1.82) is 0 Å². The zero-order valence-corrected chi connectivity index (χ0v) is 8.39. The van der Waals surface area contributed by atoms with E-state index < -0.39 is 0 Å². The van der Waals surface area contributed by atoms with Gasteiger partial charge in [0, 0.05) is 23.3 Å². The third-order valence-corrected chi connectivity index (χ3v) is 2.09. The molecule has 1 aromatic rings. The number of Topliss-reactive ketones (excluding diaryl/α,β-unsaturated/α-hetero) is 1. The Morgan fingerprint density at radius 1 is 1.20 bits per heavy atom. The highest BCUT2D eigenvalue weighted by molar-refractivity contribution is 5.95. The fraction of sp³-hybridized carbons (Fsp3) is 0.364. The van der Waals surface area contributed by atoms with Gasteiger partial charge in [-0.1, -0.05) is 30.3 Å². The summed E-state index contributed by atoms with van der Waals surface area (Å²) in [5, 5.41) is 10.0. The second-order valence-electron chi connectivity index (χ2n) is 3.30. The fourth-order valence-corrected chi connectivity index (χ4v) is 1.29. The summed E-state index contributed by atoms with van der Waals surface area (Å²) in [6.45, 7) is -0.0535. The van der Waals surface area contributed by atoms with E-state index in [9.17, 15) is 14.9 Å². The molecule has 0 spiro atoms. The van der Waals surface area contributed by atoms with Crippen LogP contribution in [0.25, 0.3) is 0 Å². The lowest BCUT2D eigenvalue weighted by Crippen LogP contribution is -2.03. The standard InChI is InChI=1S/C11H13NO3/c13-11(8-4-5-9-12(14)15)10-6-2-1-3-7-10/h1-3,6-7H,4-5,8-9H2. The molecule has 15 heavy (non-hydrogen) atoms. The van der Waals surface area contributed by atoms with Crippen LogP contribution < -0.4 is 0 Å². The Kier molecular flexibility index (Phi) is 4.47. The van der Waals surface area contributed by atoms with Gasteiger partial charge in [-0.2, -0.15) is 0 Å². The second-order valence-corrected chi connectivity index (χ2v) is 3.30. The summed E-state index contributed by atoms with van der Waals surface area (Å²) in [5.74, 6) is 0.0546. The van der Waals surface area contributed by atoms with E-state index in [1.54, 1.807) is 12.1 Å². The Morgan fingerprint density at radius 2 is 1.87 bits per heavy atom. The minimum absolute atomic E-state index is 0.0535. The van der Waals surface area contributed by atoms with E-state index in [1.807, 2.05) is 18.2 Å². The van der Waals surface area contributed by atoms with Gasteiger partial charge in [0.25, 0.3) is 0 Å². The molecule has 0 bridgehead atoms. The Morgan fingerprint density at radius 3 is 2.47 bits per heavy atom. The molecule has 0 aliphatic rings. The van der Waals surface area contributed by atoms with Crippen molar-refractivity contribution < 1.29 is 9.72 Å². The number of hydrogen-bond donors (Lipinski definition) is 0. The van der Waals surface area contributed by atoms with E-state index in [1.165, 1.54) is 0 Å². The molecule has 0 fully saturated rings. The normalized spacial score (nSPS) is 9.87. The van der Waals surface area contributed by atoms with Crippen molar-refractivity contribution in [3.63, 3.8) is 0 Å². The van der Waals surface area contributed by atoms with Crippen LogP contribution in [0, 0.1) is 10.1 Å². The lowest BCUT2D eigenvalue weighted by Gasteiger charge is -1.98. The van der Waals surface area contributed by atoms with Crippen LogP contribution in [0.4, 0.5) is 0 Å². The van der Waals surface area contributed by atoms with Crippen LogP contribution in [0.2, 0.25) is 0 Å². The maximum atomic E-state index is 11.5. The minimum atomic E-state index is -0.354. The summed E-state index contributed by atoms with van der Waals surface area (Å²) in [6.07, 6.45) is 1.43. The molecule has 0 saturated carbocycles. The van der Waals surface area contributed by atoms with Crippen LogP contribution in [0.15, 0.2) is 30.3 Å². The average Bonchev–Trinajstić information content (AvgIpc) is 2.25. The number of benzene rings is 1. The summed E-state index contributed by atoms with van der Waals surface area (Å²) in [7, 11) is 0. The van der Waals surface area contributed by atoms with Crippen molar-refractivity contribution in [2.24, 2.45) is 0 Å². The van der Waals surface area contributed by atoms with Gasteiger partial charge in [0.15, 0.2) is 5.78 Å². The van der Waals surface area contributed by atoms with Crippen molar-refractivity contribution in [1.82, 2.24) is 0 Å². The van der Waals surface area contributed by atoms with Crippen molar-refractivity contribution >= 4 is 5.78 Å². The molecule has 0 N–H and O–H groups in total. The monoisotopic (exact) mass is 207 g/mol. The van der Waals surface area contributed by atoms with Crippen LogP contribution in [0.3, 0.4) is 0 Å². The molecule has 0 unspecified atom stereocenters. The zero-order valence-electron chi connectivity index (χ0n) is 8.39. The quantitative estimate of drug-likeness (QED) is 0.311. The van der Waals surface area contributed by atoms with Gasteiger partial charge < -0.3 is 0 Å². The SMILES string of the molecule is O=C(CCCC[N+](=O)[O-])c1ccccc1. The van der Waals surface area contributed by atoms with Gasteiger partial charge in [0.05, 0.1) is 0 Å². The third kappa shape index (κ3) is 4.35. The highest BCUT2D eigenvalue weighted by Gasteiger charge is 2.05. The van der Waals surface area contributed by atoms with Gasteiger partial charge in [-0.25, -0.2) is 0 Å². The van der Waals surface area contributed by atoms with Gasteiger partial charge in [-0.05, 0) is 6.42 Å². The Labute approximate surface area is 88.1 Å². The van der Waals surface area contributed by atoms with Crippen molar-refractivity contribution in [3.8, 4) is 0 Å². The molecule has 4 heteroatoms. The van der Waals surface area contributed by atoms with Crippen LogP contribution in [0.1, 0.15) is 29.6 Å². The molecule has 1 rings (SSSR count). The number of unbranched alkanes of at least 4 members (excludes halogenated alkanes) is 1. The van der Waals surface area contributed by atoms with E-state index in [-0.39, 0.29) is 17.3 Å². The van der Waals surface area contributed by atoms with Crippen LogP contribution in [0.5, 0.6) is 0 Å². The minimum Gasteiger partial charge on any atom is -0.294 e. The summed E-state index contributed by atoms with van der Waals surface area (Å²) in [6, 6.07) is 8.99. The van der Waals surface area contributed by atoms with Crippen molar-refractivity contribution in [3.05, 3.63) is 46.0 Å². The Balaban J connectivity index is 2.28. The molecular weight excluding hydrogens is 194 g/mol. The number of carbonyl (C=O) groups is 1. The Bertz CT molecular complexity index is 335. The number of hydrogen-bond acceptors (Lipinski definition) is 3. The van der Waals surface area contributed by atoms with Crippen LogP contribution in [-0.2, 0) is 0 Å². The van der Waals surface area contributed by atoms with Gasteiger partial charge in [-0.3, -0.25) is 14.9 Å². The molecule has 4 nitrogen and oxygen atoms in total. The predicted molar refractivity (Wildman–Crippen MR) is 56.5 cm³/mol. The summed E-state index contributed by atoms with van der Waals surface area (Å²) < 4.78 is 0. The summed E-state index contributed by atoms with van der Waals surface area (Å²) in [4.78, 5) is 21.2. The Hall–Kier alpha value is -1.71. The van der Waals surface area contributed by atoms with Gasteiger partial charge in [0.2, 0.25) is 6.54 Å². The molecule has 0 aliphatic carbocycles. The van der Waals surface area contributed by atoms with Crippen molar-refractivity contribution in [2.75, 3.05) is 6.54 Å². The first-order valence-electron chi connectivity index (χ1n) is 4.90. The van der Waals surface area contributed by atoms with E-state index in [0.29, 0.717) is 24.8 Å². The zero-order chi connectivity index (χ0) is 11.1. The molecule has 0 aromatic heterocycles. The highest BCUT2D eigenvalue weighted by atomic mass is 16.6. The highest BCUT2D eigenvalue weighted by Crippen LogP contribution is 2.06. The number of nitro groups is 1. The van der Waals surface area contributed by atoms with Gasteiger partial charge >= 0.3 is 0 Å². The largest absolute Gasteiger partial charge is 0.294 e. The van der Waals surface area contributed by atoms with Gasteiger partial charge in [0.1, 0.15) is 0 Å². The summed E-state index contributed by atoms with van der Waals surface area (Å²) in [5.41, 5.74) is 0.679.